The van der Waals surface area contributed by atoms with Crippen molar-refractivity contribution in [1.82, 2.24) is 0 Å². The quantitative estimate of drug-likeness (QED) is 0.174. The van der Waals surface area contributed by atoms with Crippen LogP contribution in [0.15, 0.2) is 0 Å². The van der Waals surface area contributed by atoms with Crippen LogP contribution in [-0.2, 0) is 18.9 Å². The van der Waals surface area contributed by atoms with Gasteiger partial charge >= 0.3 is 0 Å². The highest BCUT2D eigenvalue weighted by atomic mass is 32.2. The lowest BCUT2D eigenvalue weighted by atomic mass is 10.0. The molecule has 3 saturated heterocycles. The summed E-state index contributed by atoms with van der Waals surface area (Å²) in [7, 11) is 0. The zero-order valence-corrected chi connectivity index (χ0v) is 22.8. The van der Waals surface area contributed by atoms with E-state index in [1.165, 1.54) is 23.5 Å². The number of hydrogen-bond acceptors (Lipinski definition) is 14. The molecule has 3 aliphatic rings. The van der Waals surface area contributed by atoms with Crippen molar-refractivity contribution >= 4 is 23.5 Å². The van der Waals surface area contributed by atoms with Crippen LogP contribution >= 0.6 is 23.5 Å². The van der Waals surface area contributed by atoms with Gasteiger partial charge in [0.05, 0.1) is 39.6 Å². The maximum Gasteiger partial charge on any atom is 0.132 e. The van der Waals surface area contributed by atoms with Crippen molar-refractivity contribution in [2.45, 2.75) is 97.9 Å². The molecule has 0 aliphatic carbocycles. The minimum Gasteiger partial charge on any atom is -0.394 e. The van der Waals surface area contributed by atoms with Crippen LogP contribution in [-0.4, -0.2) is 151 Å². The number of hydrogen-bond donors (Lipinski definition) is 8. The lowest BCUT2D eigenvalue weighted by Crippen LogP contribution is -2.57. The second-order valence-electron chi connectivity index (χ2n) is 8.99. The molecule has 3 aliphatic heterocycles. The topological polar surface area (TPSA) is 199 Å². The van der Waals surface area contributed by atoms with Crippen molar-refractivity contribution in [3.05, 3.63) is 0 Å². The normalized spacial score (nSPS) is 39.2. The van der Waals surface area contributed by atoms with Crippen molar-refractivity contribution in [3.63, 3.8) is 0 Å². The molecule has 0 aromatic heterocycles. The molecule has 0 unspecified atom stereocenters. The van der Waals surface area contributed by atoms with Gasteiger partial charge in [0.2, 0.25) is 0 Å². The number of rotatable bonds is 6. The summed E-state index contributed by atoms with van der Waals surface area (Å²) in [6.45, 7) is 10.1. The predicted molar refractivity (Wildman–Crippen MR) is 135 cm³/mol. The van der Waals surface area contributed by atoms with Gasteiger partial charge in [-0.1, -0.05) is 27.7 Å². The summed E-state index contributed by atoms with van der Waals surface area (Å²) in [6.07, 6.45) is -8.95. The van der Waals surface area contributed by atoms with Gasteiger partial charge in [-0.05, 0) is 0 Å². The smallest absolute Gasteiger partial charge is 0.132 e. The molecule has 3 heterocycles. The van der Waals surface area contributed by atoms with Crippen molar-refractivity contribution in [2.24, 2.45) is 0 Å². The first kappa shape index (κ1) is 34.2. The van der Waals surface area contributed by atoms with E-state index >= 15 is 0 Å². The van der Waals surface area contributed by atoms with Crippen molar-refractivity contribution in [3.8, 4) is 0 Å². The molecule has 0 saturated carbocycles. The Morgan fingerprint density at radius 1 is 0.556 bits per heavy atom. The summed E-state index contributed by atoms with van der Waals surface area (Å²) in [5.41, 5.74) is -1.22. The fourth-order valence-corrected chi connectivity index (χ4v) is 5.47. The van der Waals surface area contributed by atoms with Crippen LogP contribution in [0.5, 0.6) is 0 Å². The minimum atomic E-state index is -1.27. The van der Waals surface area contributed by atoms with Crippen LogP contribution < -0.4 is 0 Å². The summed E-state index contributed by atoms with van der Waals surface area (Å²) in [6, 6.07) is 0. The van der Waals surface area contributed by atoms with Crippen LogP contribution in [0, 0.1) is 0 Å². The van der Waals surface area contributed by atoms with Gasteiger partial charge in [-0.25, -0.2) is 0 Å². The fourth-order valence-electron chi connectivity index (χ4n) is 3.34. The predicted octanol–water partition coefficient (Wildman–Crippen LogP) is -2.11. The minimum absolute atomic E-state index is 0.228. The molecule has 3 fully saturated rings. The van der Waals surface area contributed by atoms with Gasteiger partial charge in [0.15, 0.2) is 0 Å². The van der Waals surface area contributed by atoms with Crippen LogP contribution in [0.1, 0.15) is 27.7 Å². The second kappa shape index (κ2) is 17.7. The van der Waals surface area contributed by atoms with Crippen molar-refractivity contribution in [2.75, 3.05) is 39.6 Å². The van der Waals surface area contributed by atoms with E-state index in [2.05, 4.69) is 0 Å². The van der Waals surface area contributed by atoms with Gasteiger partial charge in [0, 0.05) is 10.5 Å². The Morgan fingerprint density at radius 2 is 0.861 bits per heavy atom. The van der Waals surface area contributed by atoms with Gasteiger partial charge in [-0.15, -0.1) is 23.5 Å². The summed E-state index contributed by atoms with van der Waals surface area (Å²) in [5.74, 6) is 0. The van der Waals surface area contributed by atoms with Gasteiger partial charge in [-0.3, -0.25) is 0 Å². The maximum absolute atomic E-state index is 9.63. The molecule has 0 radical (unpaired) electrons. The van der Waals surface area contributed by atoms with E-state index in [9.17, 15) is 30.6 Å². The largest absolute Gasteiger partial charge is 0.394 e. The molecular formula is C22H44O12S2. The molecule has 0 spiro atoms. The van der Waals surface area contributed by atoms with Crippen molar-refractivity contribution in [1.29, 1.82) is 0 Å². The molecule has 12 nitrogen and oxygen atoms in total. The third kappa shape index (κ3) is 11.1. The van der Waals surface area contributed by atoms with E-state index in [1.54, 1.807) is 0 Å². The van der Waals surface area contributed by atoms with Gasteiger partial charge < -0.3 is 59.8 Å². The highest BCUT2D eigenvalue weighted by Gasteiger charge is 2.44. The maximum atomic E-state index is 9.63. The second-order valence-corrected chi connectivity index (χ2v) is 12.3. The molecule has 0 bridgehead atoms. The molecule has 0 aromatic carbocycles. The Hall–Kier alpha value is 0.220. The van der Waals surface area contributed by atoms with Crippen LogP contribution in [0.25, 0.3) is 0 Å². The Kier molecular flexibility index (Phi) is 16.9. The molecule has 216 valence electrons. The SMILES string of the molecule is C1COCCO1.CC(C)S[C@@H]1O[C@H](CO)[C@H](O)[C@H](O)[C@H]1O.CC(C)S[C@@H]1O[C@H](CO)[C@H](O)[C@H](O)[C@H]1O. The Morgan fingerprint density at radius 3 is 1.08 bits per heavy atom. The fraction of sp³-hybridized carbons (Fsp3) is 1.00. The van der Waals surface area contributed by atoms with Crippen LogP contribution in [0.3, 0.4) is 0 Å². The molecule has 14 heteroatoms. The van der Waals surface area contributed by atoms with Gasteiger partial charge in [0.25, 0.3) is 0 Å². The van der Waals surface area contributed by atoms with E-state index in [1.807, 2.05) is 27.7 Å². The Bertz CT molecular complexity index is 514. The lowest BCUT2D eigenvalue weighted by Gasteiger charge is -2.40. The van der Waals surface area contributed by atoms with Gasteiger partial charge in [0.1, 0.15) is 59.7 Å². The molecule has 36 heavy (non-hydrogen) atoms. The number of aliphatic hydroxyl groups excluding tert-OH is 8. The number of thioether (sulfide) groups is 2. The number of aliphatic hydroxyl groups is 8. The summed E-state index contributed by atoms with van der Waals surface area (Å²) in [5, 5.41) is 75.5. The monoisotopic (exact) mass is 564 g/mol. The molecule has 0 amide bonds. The lowest BCUT2D eigenvalue weighted by molar-refractivity contribution is -0.205. The highest BCUT2D eigenvalue weighted by molar-refractivity contribution is 8.00. The average molecular weight is 565 g/mol. The van der Waals surface area contributed by atoms with Crippen molar-refractivity contribution < 1.29 is 59.8 Å². The standard InChI is InChI=1S/2C9H18O5S.C4H8O2/c2*1-4(2)15-9-8(13)7(12)6(11)5(3-10)14-9;1-2-6-4-3-5-1/h2*4-13H,3H2,1-2H3;1-4H2/t2*5-,6+,7+,8-,9+;/m11./s1. The van der Waals surface area contributed by atoms with E-state index in [0.29, 0.717) is 0 Å². The van der Waals surface area contributed by atoms with Crippen LogP contribution in [0.4, 0.5) is 0 Å². The molecule has 0 aromatic rings. The Balaban J connectivity index is 0.000000293. The average Bonchev–Trinajstić information content (AvgIpc) is 2.86. The molecular weight excluding hydrogens is 520 g/mol. The Labute approximate surface area is 220 Å². The van der Waals surface area contributed by atoms with E-state index in [4.69, 9.17) is 29.2 Å². The third-order valence-electron chi connectivity index (χ3n) is 5.25. The first-order chi connectivity index (χ1) is 16.9. The van der Waals surface area contributed by atoms with Crippen LogP contribution in [0.2, 0.25) is 0 Å². The summed E-state index contributed by atoms with van der Waals surface area (Å²) < 4.78 is 20.5. The van der Waals surface area contributed by atoms with E-state index < -0.39 is 59.7 Å². The van der Waals surface area contributed by atoms with E-state index in [0.717, 1.165) is 26.4 Å². The summed E-state index contributed by atoms with van der Waals surface area (Å²) in [4.78, 5) is 0. The van der Waals surface area contributed by atoms with Gasteiger partial charge in [-0.2, -0.15) is 0 Å². The first-order valence-corrected chi connectivity index (χ1v) is 13.9. The molecule has 10 atom stereocenters. The molecule has 3 rings (SSSR count). The zero-order valence-electron chi connectivity index (χ0n) is 21.2. The third-order valence-corrected chi connectivity index (χ3v) is 7.66. The molecule has 8 N–H and O–H groups in total. The first-order valence-electron chi connectivity index (χ1n) is 12.0. The van der Waals surface area contributed by atoms with E-state index in [-0.39, 0.29) is 23.7 Å². The summed E-state index contributed by atoms with van der Waals surface area (Å²) >= 11 is 2.71. The number of ether oxygens (including phenoxy) is 4. The zero-order chi connectivity index (χ0) is 27.4. The highest BCUT2D eigenvalue weighted by Crippen LogP contribution is 2.31.